The molecule has 1 aromatic heterocycles. The largest absolute Gasteiger partial charge is 0.346 e. The number of hydrogen-bond acceptors (Lipinski definition) is 3. The molecule has 84 valence electrons. The van der Waals surface area contributed by atoms with Crippen LogP contribution >= 0.6 is 0 Å². The molecule has 2 N–H and O–H groups in total. The molecule has 0 atom stereocenters. The molecule has 0 radical (unpaired) electrons. The Hall–Kier alpha value is -1.36. The average Bonchev–Trinajstić information content (AvgIpc) is 2.58. The molecule has 0 saturated carbocycles. The van der Waals surface area contributed by atoms with Crippen LogP contribution in [0, 0.1) is 0 Å². The van der Waals surface area contributed by atoms with E-state index in [0.717, 1.165) is 12.0 Å². The summed E-state index contributed by atoms with van der Waals surface area (Å²) in [6, 6.07) is 0. The first-order valence-electron chi connectivity index (χ1n) is 5.19. The highest BCUT2D eigenvalue weighted by molar-refractivity contribution is 5.01. The Balaban J connectivity index is 2.83. The number of allylic oxidation sites excluding steroid dienone is 1. The van der Waals surface area contributed by atoms with Crippen LogP contribution in [-0.2, 0) is 13.1 Å². The van der Waals surface area contributed by atoms with Gasteiger partial charge in [0.1, 0.15) is 6.33 Å². The number of aromatic nitrogens is 3. The zero-order valence-electron chi connectivity index (χ0n) is 9.31. The lowest BCUT2D eigenvalue weighted by Crippen LogP contribution is -2.26. The van der Waals surface area contributed by atoms with Gasteiger partial charge in [-0.2, -0.15) is 5.10 Å². The Morgan fingerprint density at radius 2 is 2.40 bits per heavy atom. The normalized spacial score (nSPS) is 12.1. The molecule has 0 fully saturated rings. The molecule has 0 unspecified atom stereocenters. The first-order chi connectivity index (χ1) is 7.22. The Bertz CT molecular complexity index is 388. The fraction of sp³-hybridized carbons (Fsp3) is 0.600. The third-order valence-corrected chi connectivity index (χ3v) is 2.28. The van der Waals surface area contributed by atoms with E-state index in [1.165, 1.54) is 4.68 Å². The third-order valence-electron chi connectivity index (χ3n) is 2.28. The molecular weight excluding hydrogens is 192 g/mol. The van der Waals surface area contributed by atoms with Crippen LogP contribution in [0.25, 0.3) is 0 Å². The maximum Gasteiger partial charge on any atom is 0.346 e. The Morgan fingerprint density at radius 3 is 2.93 bits per heavy atom. The number of rotatable bonds is 5. The van der Waals surface area contributed by atoms with Crippen molar-refractivity contribution in [1.82, 2.24) is 14.3 Å². The topological polar surface area (TPSA) is 65.8 Å². The van der Waals surface area contributed by atoms with Crippen LogP contribution in [-0.4, -0.2) is 20.9 Å². The molecule has 0 spiro atoms. The number of nitrogens with two attached hydrogens (primary N) is 1. The first kappa shape index (κ1) is 11.7. The van der Waals surface area contributed by atoms with Crippen LogP contribution in [0.1, 0.15) is 20.3 Å². The molecule has 5 heteroatoms. The van der Waals surface area contributed by atoms with E-state index in [-0.39, 0.29) is 5.69 Å². The minimum atomic E-state index is -0.0651. The monoisotopic (exact) mass is 210 g/mol. The minimum absolute atomic E-state index is 0.0651. The van der Waals surface area contributed by atoms with Crippen molar-refractivity contribution < 1.29 is 0 Å². The van der Waals surface area contributed by atoms with E-state index in [9.17, 15) is 4.79 Å². The molecule has 0 amide bonds. The number of nitrogens with zero attached hydrogens (tertiary/aromatic N) is 3. The van der Waals surface area contributed by atoms with E-state index >= 15 is 0 Å². The van der Waals surface area contributed by atoms with Gasteiger partial charge >= 0.3 is 5.69 Å². The maximum atomic E-state index is 11.7. The van der Waals surface area contributed by atoms with Gasteiger partial charge < -0.3 is 5.73 Å². The first-order valence-corrected chi connectivity index (χ1v) is 5.19. The van der Waals surface area contributed by atoms with Crippen molar-refractivity contribution in [3.05, 3.63) is 28.5 Å². The Kier molecular flexibility index (Phi) is 4.30. The summed E-state index contributed by atoms with van der Waals surface area (Å²) in [5.74, 6) is 0. The number of hydrogen-bond donors (Lipinski definition) is 1. The van der Waals surface area contributed by atoms with E-state index < -0.39 is 0 Å². The zero-order valence-corrected chi connectivity index (χ0v) is 9.31. The van der Waals surface area contributed by atoms with Gasteiger partial charge in [-0.1, -0.05) is 13.0 Å². The lowest BCUT2D eigenvalue weighted by Gasteiger charge is -2.02. The van der Waals surface area contributed by atoms with Gasteiger partial charge in [0.05, 0.1) is 6.54 Å². The van der Waals surface area contributed by atoms with Crippen molar-refractivity contribution >= 4 is 0 Å². The van der Waals surface area contributed by atoms with E-state index in [4.69, 9.17) is 5.73 Å². The van der Waals surface area contributed by atoms with Crippen LogP contribution in [0.4, 0.5) is 0 Å². The summed E-state index contributed by atoms with van der Waals surface area (Å²) in [6.07, 6.45) is 4.43. The van der Waals surface area contributed by atoms with Gasteiger partial charge in [-0.25, -0.2) is 9.48 Å². The standard InChI is InChI=1S/C10H18N4O/c1-3-5-13-8-12-14(10(13)15)7-9(4-2)6-11/h4,8H,3,5-7,11H2,1-2H3/b9-4+. The lowest BCUT2D eigenvalue weighted by atomic mass is 10.2. The summed E-state index contributed by atoms with van der Waals surface area (Å²) in [5, 5.41) is 4.04. The zero-order chi connectivity index (χ0) is 11.3. The highest BCUT2D eigenvalue weighted by Crippen LogP contribution is 1.94. The van der Waals surface area contributed by atoms with Gasteiger partial charge in [-0.05, 0) is 18.9 Å². The van der Waals surface area contributed by atoms with Crippen LogP contribution in [0.3, 0.4) is 0 Å². The second-order valence-electron chi connectivity index (χ2n) is 3.42. The fourth-order valence-electron chi connectivity index (χ4n) is 1.34. The van der Waals surface area contributed by atoms with E-state index in [2.05, 4.69) is 5.10 Å². The van der Waals surface area contributed by atoms with Gasteiger partial charge in [-0.15, -0.1) is 0 Å². The van der Waals surface area contributed by atoms with Gasteiger partial charge in [0, 0.05) is 13.1 Å². The molecule has 1 rings (SSSR count). The Morgan fingerprint density at radius 1 is 1.67 bits per heavy atom. The SMILES string of the molecule is C/C=C(\CN)Cn1ncn(CCC)c1=O. The van der Waals surface area contributed by atoms with Crippen LogP contribution < -0.4 is 11.4 Å². The molecule has 0 aromatic carbocycles. The van der Waals surface area contributed by atoms with Crippen LogP contribution in [0.5, 0.6) is 0 Å². The van der Waals surface area contributed by atoms with Gasteiger partial charge in [0.15, 0.2) is 0 Å². The molecular formula is C10H18N4O. The van der Waals surface area contributed by atoms with Crippen LogP contribution in [0.15, 0.2) is 22.8 Å². The smallest absolute Gasteiger partial charge is 0.327 e. The maximum absolute atomic E-state index is 11.7. The van der Waals surface area contributed by atoms with Crippen molar-refractivity contribution in [3.63, 3.8) is 0 Å². The summed E-state index contributed by atoms with van der Waals surface area (Å²) < 4.78 is 3.06. The summed E-state index contributed by atoms with van der Waals surface area (Å²) in [4.78, 5) is 11.7. The van der Waals surface area contributed by atoms with Gasteiger partial charge in [-0.3, -0.25) is 4.57 Å². The van der Waals surface area contributed by atoms with E-state index in [1.54, 1.807) is 10.9 Å². The van der Waals surface area contributed by atoms with Crippen molar-refractivity contribution in [2.45, 2.75) is 33.4 Å². The molecule has 15 heavy (non-hydrogen) atoms. The minimum Gasteiger partial charge on any atom is -0.327 e. The molecule has 1 aromatic rings. The van der Waals surface area contributed by atoms with Crippen LogP contribution in [0.2, 0.25) is 0 Å². The molecule has 0 saturated heterocycles. The van der Waals surface area contributed by atoms with Crippen molar-refractivity contribution in [1.29, 1.82) is 0 Å². The lowest BCUT2D eigenvalue weighted by molar-refractivity contribution is 0.601. The predicted octanol–water partition coefficient (Wildman–Crippen LogP) is 0.360. The van der Waals surface area contributed by atoms with E-state index in [1.807, 2.05) is 19.9 Å². The predicted molar refractivity (Wildman–Crippen MR) is 59.6 cm³/mol. The molecule has 0 aliphatic carbocycles. The molecule has 1 heterocycles. The fourth-order valence-corrected chi connectivity index (χ4v) is 1.34. The average molecular weight is 210 g/mol. The summed E-state index contributed by atoms with van der Waals surface area (Å²) in [5.41, 5.74) is 6.48. The highest BCUT2D eigenvalue weighted by atomic mass is 16.2. The highest BCUT2D eigenvalue weighted by Gasteiger charge is 2.04. The molecule has 5 nitrogen and oxygen atoms in total. The third kappa shape index (κ3) is 2.79. The Labute approximate surface area is 89.2 Å². The molecule has 0 aliphatic rings. The summed E-state index contributed by atoms with van der Waals surface area (Å²) in [7, 11) is 0. The van der Waals surface area contributed by atoms with E-state index in [0.29, 0.717) is 19.6 Å². The quantitative estimate of drug-likeness (QED) is 0.714. The van der Waals surface area contributed by atoms with Gasteiger partial charge in [0.2, 0.25) is 0 Å². The van der Waals surface area contributed by atoms with Crippen molar-refractivity contribution in [2.24, 2.45) is 5.73 Å². The number of aryl methyl sites for hydroxylation is 1. The summed E-state index contributed by atoms with van der Waals surface area (Å²) >= 11 is 0. The summed E-state index contributed by atoms with van der Waals surface area (Å²) in [6.45, 7) is 5.61. The molecule has 0 bridgehead atoms. The second kappa shape index (κ2) is 5.50. The van der Waals surface area contributed by atoms with Gasteiger partial charge in [0.25, 0.3) is 0 Å². The second-order valence-corrected chi connectivity index (χ2v) is 3.42. The molecule has 0 aliphatic heterocycles. The van der Waals surface area contributed by atoms with Crippen molar-refractivity contribution in [2.75, 3.05) is 6.54 Å². The van der Waals surface area contributed by atoms with Crippen molar-refractivity contribution in [3.8, 4) is 0 Å².